The Labute approximate surface area is 111 Å². The van der Waals surface area contributed by atoms with Crippen LogP contribution in [0.25, 0.3) is 0 Å². The molecule has 3 N–H and O–H groups in total. The third kappa shape index (κ3) is 4.80. The van der Waals surface area contributed by atoms with E-state index in [2.05, 4.69) is 15.3 Å². The van der Waals surface area contributed by atoms with Gasteiger partial charge in [0.2, 0.25) is 0 Å². The number of hydrogen-bond acceptors (Lipinski definition) is 6. The summed E-state index contributed by atoms with van der Waals surface area (Å²) in [5.41, 5.74) is 0.324. The molecule has 0 amide bonds. The number of nitrogens with zero attached hydrogens (tertiary/aromatic N) is 2. The van der Waals surface area contributed by atoms with E-state index in [1.165, 1.54) is 6.20 Å². The highest BCUT2D eigenvalue weighted by Crippen LogP contribution is 2.16. The summed E-state index contributed by atoms with van der Waals surface area (Å²) in [7, 11) is 0. The zero-order chi connectivity index (χ0) is 14.3. The Hall–Kier alpha value is -1.73. The number of hydrogen-bond donors (Lipinski definition) is 3. The largest absolute Gasteiger partial charge is 0.476 e. The van der Waals surface area contributed by atoms with E-state index in [1.54, 1.807) is 0 Å². The van der Waals surface area contributed by atoms with Crippen LogP contribution in [0, 0.1) is 0 Å². The molecule has 7 nitrogen and oxygen atoms in total. The van der Waals surface area contributed by atoms with Crippen LogP contribution in [0.2, 0.25) is 0 Å². The first-order valence-electron chi connectivity index (χ1n) is 6.09. The van der Waals surface area contributed by atoms with Crippen molar-refractivity contribution in [2.45, 2.75) is 19.8 Å². The van der Waals surface area contributed by atoms with Gasteiger partial charge in [0.05, 0.1) is 31.7 Å². The summed E-state index contributed by atoms with van der Waals surface area (Å²) in [6.07, 6.45) is 1.47. The monoisotopic (exact) mass is 269 g/mol. The van der Waals surface area contributed by atoms with Crippen molar-refractivity contribution in [2.24, 2.45) is 0 Å². The lowest BCUT2D eigenvalue weighted by molar-refractivity contribution is 0.0690. The van der Waals surface area contributed by atoms with Gasteiger partial charge >= 0.3 is 5.97 Å². The summed E-state index contributed by atoms with van der Waals surface area (Å²) in [6.45, 7) is 4.81. The van der Waals surface area contributed by atoms with Crippen LogP contribution >= 0.6 is 0 Å². The van der Waals surface area contributed by atoms with Crippen LogP contribution < -0.4 is 5.32 Å². The molecule has 19 heavy (non-hydrogen) atoms. The third-order valence-corrected chi connectivity index (χ3v) is 2.32. The van der Waals surface area contributed by atoms with Gasteiger partial charge in [0.1, 0.15) is 5.82 Å². The molecule has 0 unspecified atom stereocenters. The van der Waals surface area contributed by atoms with Crippen molar-refractivity contribution in [1.29, 1.82) is 0 Å². The molecule has 106 valence electrons. The molecular formula is C12H19N3O4. The molecule has 0 atom stereocenters. The maximum atomic E-state index is 11.1. The number of aliphatic hydroxyl groups is 1. The maximum absolute atomic E-state index is 11.1. The Morgan fingerprint density at radius 2 is 2.21 bits per heavy atom. The van der Waals surface area contributed by atoms with Crippen LogP contribution in [0.3, 0.4) is 0 Å². The van der Waals surface area contributed by atoms with Gasteiger partial charge in [0.15, 0.2) is 5.69 Å². The Balaban J connectivity index is 2.69. The number of anilines is 1. The van der Waals surface area contributed by atoms with Crippen LogP contribution in [0.5, 0.6) is 0 Å². The number of rotatable bonds is 8. The second kappa shape index (κ2) is 7.65. The molecule has 0 saturated carbocycles. The highest BCUT2D eigenvalue weighted by atomic mass is 16.5. The fourth-order valence-electron chi connectivity index (χ4n) is 1.39. The number of aromatic nitrogens is 2. The number of ether oxygens (including phenoxy) is 1. The van der Waals surface area contributed by atoms with Gasteiger partial charge in [-0.2, -0.15) is 0 Å². The van der Waals surface area contributed by atoms with Gasteiger partial charge in [-0.1, -0.05) is 13.8 Å². The predicted molar refractivity (Wildman–Crippen MR) is 69.5 cm³/mol. The third-order valence-electron chi connectivity index (χ3n) is 2.32. The molecule has 0 aliphatic heterocycles. The quantitative estimate of drug-likeness (QED) is 0.597. The number of nitrogens with one attached hydrogen (secondary N) is 1. The lowest BCUT2D eigenvalue weighted by atomic mass is 10.2. The zero-order valence-corrected chi connectivity index (χ0v) is 11.1. The minimum Gasteiger partial charge on any atom is -0.476 e. The van der Waals surface area contributed by atoms with E-state index in [0.29, 0.717) is 24.7 Å². The smallest absolute Gasteiger partial charge is 0.356 e. The fraction of sp³-hybridized carbons (Fsp3) is 0.583. The van der Waals surface area contributed by atoms with Crippen LogP contribution in [0.1, 0.15) is 36.1 Å². The average Bonchev–Trinajstić information content (AvgIpc) is 2.38. The Kier molecular flexibility index (Phi) is 6.17. The molecule has 1 aromatic rings. The Bertz CT molecular complexity index is 423. The van der Waals surface area contributed by atoms with Crippen molar-refractivity contribution in [2.75, 3.05) is 31.7 Å². The van der Waals surface area contributed by atoms with Gasteiger partial charge in [0, 0.05) is 12.5 Å². The van der Waals surface area contributed by atoms with E-state index in [1.807, 2.05) is 13.8 Å². The molecule has 0 aromatic carbocycles. The van der Waals surface area contributed by atoms with E-state index in [4.69, 9.17) is 14.9 Å². The van der Waals surface area contributed by atoms with Gasteiger partial charge in [-0.15, -0.1) is 0 Å². The molecular weight excluding hydrogens is 250 g/mol. The minimum absolute atomic E-state index is 0.0351. The molecule has 0 spiro atoms. The molecule has 0 aliphatic rings. The summed E-state index contributed by atoms with van der Waals surface area (Å²) in [4.78, 5) is 19.3. The SMILES string of the molecule is CC(C)c1ncc(NCCOCCO)c(C(=O)O)n1. The highest BCUT2D eigenvalue weighted by molar-refractivity contribution is 5.91. The first kappa shape index (κ1) is 15.3. The Morgan fingerprint density at radius 3 is 2.79 bits per heavy atom. The number of carboxylic acids is 1. The first-order chi connectivity index (χ1) is 9.06. The minimum atomic E-state index is -1.09. The molecule has 1 aromatic heterocycles. The summed E-state index contributed by atoms with van der Waals surface area (Å²) < 4.78 is 5.07. The van der Waals surface area contributed by atoms with Crippen LogP contribution in [-0.4, -0.2) is 52.5 Å². The van der Waals surface area contributed by atoms with Crippen LogP contribution in [0.15, 0.2) is 6.20 Å². The second-order valence-corrected chi connectivity index (χ2v) is 4.21. The summed E-state index contributed by atoms with van der Waals surface area (Å²) >= 11 is 0. The van der Waals surface area contributed by atoms with Gasteiger partial charge in [-0.05, 0) is 0 Å². The van der Waals surface area contributed by atoms with Crippen LogP contribution in [0.4, 0.5) is 5.69 Å². The summed E-state index contributed by atoms with van der Waals surface area (Å²) in [5, 5.41) is 20.6. The molecule has 1 rings (SSSR count). The lowest BCUT2D eigenvalue weighted by Gasteiger charge is -2.11. The second-order valence-electron chi connectivity index (χ2n) is 4.21. The number of aromatic carboxylic acids is 1. The van der Waals surface area contributed by atoms with Gasteiger partial charge in [-0.3, -0.25) is 0 Å². The Morgan fingerprint density at radius 1 is 1.47 bits per heavy atom. The predicted octanol–water partition coefficient (Wildman–Crippen LogP) is 0.719. The van der Waals surface area contributed by atoms with E-state index in [-0.39, 0.29) is 24.8 Å². The topological polar surface area (TPSA) is 105 Å². The summed E-state index contributed by atoms with van der Waals surface area (Å²) in [5.74, 6) is -0.525. The lowest BCUT2D eigenvalue weighted by Crippen LogP contribution is -2.16. The number of carboxylic acid groups (broad SMARTS) is 1. The zero-order valence-electron chi connectivity index (χ0n) is 11.1. The first-order valence-corrected chi connectivity index (χ1v) is 6.09. The van der Waals surface area contributed by atoms with Crippen LogP contribution in [-0.2, 0) is 4.74 Å². The van der Waals surface area contributed by atoms with Crippen molar-refractivity contribution >= 4 is 11.7 Å². The van der Waals surface area contributed by atoms with Crippen molar-refractivity contribution in [3.8, 4) is 0 Å². The van der Waals surface area contributed by atoms with E-state index < -0.39 is 5.97 Å². The van der Waals surface area contributed by atoms with Crippen molar-refractivity contribution in [3.63, 3.8) is 0 Å². The molecule has 7 heteroatoms. The van der Waals surface area contributed by atoms with Crippen molar-refractivity contribution in [3.05, 3.63) is 17.7 Å². The fourth-order valence-corrected chi connectivity index (χ4v) is 1.39. The molecule has 1 heterocycles. The standard InChI is InChI=1S/C12H19N3O4/c1-8(2)11-14-7-9(10(15-11)12(17)18)13-3-5-19-6-4-16/h7-8,13,16H,3-6H2,1-2H3,(H,17,18). The van der Waals surface area contributed by atoms with Crippen molar-refractivity contribution in [1.82, 2.24) is 9.97 Å². The molecule has 0 saturated heterocycles. The molecule has 0 fully saturated rings. The van der Waals surface area contributed by atoms with Gasteiger partial charge in [0.25, 0.3) is 0 Å². The number of carbonyl (C=O) groups is 1. The maximum Gasteiger partial charge on any atom is 0.356 e. The van der Waals surface area contributed by atoms with E-state index in [0.717, 1.165) is 0 Å². The normalized spacial score (nSPS) is 10.7. The molecule has 0 bridgehead atoms. The highest BCUT2D eigenvalue weighted by Gasteiger charge is 2.15. The molecule has 0 radical (unpaired) electrons. The van der Waals surface area contributed by atoms with E-state index in [9.17, 15) is 4.79 Å². The van der Waals surface area contributed by atoms with Gasteiger partial charge < -0.3 is 20.3 Å². The van der Waals surface area contributed by atoms with Crippen molar-refractivity contribution < 1.29 is 19.7 Å². The molecule has 0 aliphatic carbocycles. The van der Waals surface area contributed by atoms with Gasteiger partial charge in [-0.25, -0.2) is 14.8 Å². The van der Waals surface area contributed by atoms with E-state index >= 15 is 0 Å². The number of aliphatic hydroxyl groups excluding tert-OH is 1. The summed E-state index contributed by atoms with van der Waals surface area (Å²) in [6, 6.07) is 0. The average molecular weight is 269 g/mol.